The molecule has 3 nitrogen and oxygen atoms in total. The number of aliphatic hydroxyl groups excluding tert-OH is 1. The lowest BCUT2D eigenvalue weighted by atomic mass is 10.1. The van der Waals surface area contributed by atoms with Gasteiger partial charge in [-0.1, -0.05) is 39.7 Å². The van der Waals surface area contributed by atoms with E-state index in [1.807, 2.05) is 24.3 Å². The van der Waals surface area contributed by atoms with Gasteiger partial charge < -0.3 is 14.3 Å². The molecule has 1 aromatic heterocycles. The van der Waals surface area contributed by atoms with Crippen molar-refractivity contribution in [2.24, 2.45) is 0 Å². The van der Waals surface area contributed by atoms with E-state index in [0.717, 1.165) is 9.86 Å². The van der Waals surface area contributed by atoms with Crippen molar-refractivity contribution in [2.45, 2.75) is 6.10 Å². The second kappa shape index (κ2) is 5.72. The number of ether oxygens (including phenoxy) is 1. The number of methoxy groups -OCH3 is 1. The lowest BCUT2D eigenvalue weighted by molar-refractivity contribution is 0.191. The first-order valence-electron chi connectivity index (χ1n) is 6.29. The van der Waals surface area contributed by atoms with Crippen molar-refractivity contribution in [2.75, 3.05) is 7.11 Å². The first-order valence-corrected chi connectivity index (χ1v) is 7.46. The molecule has 108 valence electrons. The Balaban J connectivity index is 2.07. The third-order valence-corrected chi connectivity index (χ3v) is 4.30. The fraction of sp³-hybridized carbons (Fsp3) is 0.125. The SMILES string of the molecule is COc1ccc(Br)c(C(O)c2cc3cccc(Cl)c3o2)c1. The Morgan fingerprint density at radius 3 is 2.76 bits per heavy atom. The second-order valence-electron chi connectivity index (χ2n) is 4.60. The van der Waals surface area contributed by atoms with Gasteiger partial charge in [0.25, 0.3) is 0 Å². The number of fused-ring (bicyclic) bond motifs is 1. The molecule has 3 rings (SSSR count). The van der Waals surface area contributed by atoms with E-state index in [4.69, 9.17) is 20.8 Å². The number of hydrogen-bond acceptors (Lipinski definition) is 3. The molecule has 0 aliphatic rings. The molecule has 1 unspecified atom stereocenters. The minimum Gasteiger partial charge on any atom is -0.497 e. The first kappa shape index (κ1) is 14.4. The van der Waals surface area contributed by atoms with Gasteiger partial charge in [0.05, 0.1) is 12.1 Å². The van der Waals surface area contributed by atoms with Gasteiger partial charge in [-0.05, 0) is 30.3 Å². The Morgan fingerprint density at radius 2 is 2.05 bits per heavy atom. The average molecular weight is 368 g/mol. The molecule has 0 spiro atoms. The van der Waals surface area contributed by atoms with E-state index in [2.05, 4.69) is 15.9 Å². The summed E-state index contributed by atoms with van der Waals surface area (Å²) in [6.07, 6.45) is -0.905. The summed E-state index contributed by atoms with van der Waals surface area (Å²) in [5, 5.41) is 11.9. The zero-order chi connectivity index (χ0) is 15.0. The van der Waals surface area contributed by atoms with Crippen LogP contribution in [0.1, 0.15) is 17.4 Å². The van der Waals surface area contributed by atoms with E-state index in [1.165, 1.54) is 0 Å². The van der Waals surface area contributed by atoms with Crippen molar-refractivity contribution in [1.29, 1.82) is 0 Å². The van der Waals surface area contributed by atoms with E-state index in [0.29, 0.717) is 27.7 Å². The van der Waals surface area contributed by atoms with Crippen LogP contribution in [0.3, 0.4) is 0 Å². The summed E-state index contributed by atoms with van der Waals surface area (Å²) in [7, 11) is 1.58. The lowest BCUT2D eigenvalue weighted by Crippen LogP contribution is -1.99. The first-order chi connectivity index (χ1) is 10.1. The molecule has 0 amide bonds. The Labute approximate surface area is 135 Å². The van der Waals surface area contributed by atoms with Gasteiger partial charge in [0.1, 0.15) is 17.6 Å². The van der Waals surface area contributed by atoms with Crippen molar-refractivity contribution in [3.8, 4) is 5.75 Å². The van der Waals surface area contributed by atoms with Gasteiger partial charge in [0.15, 0.2) is 5.58 Å². The summed E-state index contributed by atoms with van der Waals surface area (Å²) in [5.41, 5.74) is 1.25. The van der Waals surface area contributed by atoms with Gasteiger partial charge in [-0.3, -0.25) is 0 Å². The highest BCUT2D eigenvalue weighted by molar-refractivity contribution is 9.10. The molecule has 0 radical (unpaired) electrons. The molecular formula is C16H12BrClO3. The molecule has 0 aliphatic carbocycles. The summed E-state index contributed by atoms with van der Waals surface area (Å²) >= 11 is 9.53. The lowest BCUT2D eigenvalue weighted by Gasteiger charge is -2.12. The van der Waals surface area contributed by atoms with E-state index in [-0.39, 0.29) is 0 Å². The van der Waals surface area contributed by atoms with Crippen molar-refractivity contribution < 1.29 is 14.3 Å². The van der Waals surface area contributed by atoms with Crippen molar-refractivity contribution in [3.63, 3.8) is 0 Å². The minimum atomic E-state index is -0.905. The number of halogens is 2. The highest BCUT2D eigenvalue weighted by Gasteiger charge is 2.19. The molecule has 1 heterocycles. The molecule has 3 aromatic rings. The molecule has 0 fully saturated rings. The largest absolute Gasteiger partial charge is 0.497 e. The van der Waals surface area contributed by atoms with Crippen LogP contribution >= 0.6 is 27.5 Å². The Morgan fingerprint density at radius 1 is 1.24 bits per heavy atom. The Hall–Kier alpha value is -1.49. The van der Waals surface area contributed by atoms with Gasteiger partial charge in [-0.2, -0.15) is 0 Å². The van der Waals surface area contributed by atoms with E-state index >= 15 is 0 Å². The summed E-state index contributed by atoms with van der Waals surface area (Å²) in [6, 6.07) is 12.7. The van der Waals surface area contributed by atoms with E-state index in [1.54, 1.807) is 25.3 Å². The van der Waals surface area contributed by atoms with E-state index < -0.39 is 6.10 Å². The fourth-order valence-electron chi connectivity index (χ4n) is 2.19. The second-order valence-corrected chi connectivity index (χ2v) is 5.86. The maximum atomic E-state index is 10.6. The molecule has 0 aliphatic heterocycles. The smallest absolute Gasteiger partial charge is 0.153 e. The third kappa shape index (κ3) is 2.67. The van der Waals surface area contributed by atoms with Crippen molar-refractivity contribution in [3.05, 3.63) is 63.3 Å². The Bertz CT molecular complexity index is 797. The maximum Gasteiger partial charge on any atom is 0.153 e. The maximum absolute atomic E-state index is 10.6. The molecule has 1 atom stereocenters. The van der Waals surface area contributed by atoms with Gasteiger partial charge in [0.2, 0.25) is 0 Å². The molecule has 0 bridgehead atoms. The van der Waals surface area contributed by atoms with Gasteiger partial charge in [-0.25, -0.2) is 0 Å². The molecular weight excluding hydrogens is 356 g/mol. The average Bonchev–Trinajstić information content (AvgIpc) is 2.93. The standard InChI is InChI=1S/C16H12BrClO3/c1-20-10-5-6-12(17)11(8-10)15(19)14-7-9-3-2-4-13(18)16(9)21-14/h2-8,15,19H,1H3. The number of furan rings is 1. The number of rotatable bonds is 3. The van der Waals surface area contributed by atoms with Crippen LogP contribution < -0.4 is 4.74 Å². The zero-order valence-corrected chi connectivity index (χ0v) is 13.5. The predicted octanol–water partition coefficient (Wildman–Crippen LogP) is 4.94. The van der Waals surface area contributed by atoms with Gasteiger partial charge in [0, 0.05) is 15.4 Å². The predicted molar refractivity (Wildman–Crippen MR) is 86.0 cm³/mol. The molecule has 0 saturated carbocycles. The van der Waals surface area contributed by atoms with Crippen LogP contribution in [-0.4, -0.2) is 12.2 Å². The third-order valence-electron chi connectivity index (χ3n) is 3.28. The Kier molecular flexibility index (Phi) is 3.93. The van der Waals surface area contributed by atoms with Crippen molar-refractivity contribution in [1.82, 2.24) is 0 Å². The van der Waals surface area contributed by atoms with Crippen LogP contribution in [0.25, 0.3) is 11.0 Å². The summed E-state index contributed by atoms with van der Waals surface area (Å²) in [4.78, 5) is 0. The van der Waals surface area contributed by atoms with Crippen LogP contribution in [0.4, 0.5) is 0 Å². The molecule has 0 saturated heterocycles. The normalized spacial score (nSPS) is 12.6. The number of hydrogen-bond donors (Lipinski definition) is 1. The summed E-state index contributed by atoms with van der Waals surface area (Å²) in [5.74, 6) is 1.11. The van der Waals surface area contributed by atoms with Gasteiger partial charge in [-0.15, -0.1) is 0 Å². The van der Waals surface area contributed by atoms with Crippen LogP contribution in [0.2, 0.25) is 5.02 Å². The summed E-state index contributed by atoms with van der Waals surface area (Å²) < 4.78 is 11.7. The molecule has 2 aromatic carbocycles. The number of para-hydroxylation sites is 1. The molecule has 1 N–H and O–H groups in total. The monoisotopic (exact) mass is 366 g/mol. The van der Waals surface area contributed by atoms with Crippen LogP contribution in [0.15, 0.2) is 51.4 Å². The van der Waals surface area contributed by atoms with Crippen LogP contribution in [0.5, 0.6) is 5.75 Å². The van der Waals surface area contributed by atoms with Crippen molar-refractivity contribution >= 4 is 38.5 Å². The zero-order valence-electron chi connectivity index (χ0n) is 11.1. The molecule has 5 heteroatoms. The number of aliphatic hydroxyl groups is 1. The highest BCUT2D eigenvalue weighted by atomic mass is 79.9. The fourth-order valence-corrected chi connectivity index (χ4v) is 2.88. The molecule has 21 heavy (non-hydrogen) atoms. The minimum absolute atomic E-state index is 0.437. The number of benzene rings is 2. The van der Waals surface area contributed by atoms with E-state index in [9.17, 15) is 5.11 Å². The highest BCUT2D eigenvalue weighted by Crippen LogP contribution is 2.35. The van der Waals surface area contributed by atoms with Crippen LogP contribution in [-0.2, 0) is 0 Å². The van der Waals surface area contributed by atoms with Gasteiger partial charge >= 0.3 is 0 Å². The summed E-state index contributed by atoms with van der Waals surface area (Å²) in [6.45, 7) is 0. The van der Waals surface area contributed by atoms with Crippen LogP contribution in [0, 0.1) is 0 Å². The topological polar surface area (TPSA) is 42.6 Å². The quantitative estimate of drug-likeness (QED) is 0.713.